The summed E-state index contributed by atoms with van der Waals surface area (Å²) in [4.78, 5) is 11.4. The Labute approximate surface area is 108 Å². The van der Waals surface area contributed by atoms with Gasteiger partial charge in [0, 0.05) is 6.42 Å². The van der Waals surface area contributed by atoms with Gasteiger partial charge in [0.15, 0.2) is 0 Å². The van der Waals surface area contributed by atoms with Gasteiger partial charge in [0.05, 0.1) is 0 Å². The van der Waals surface area contributed by atoms with Crippen LogP contribution in [0.2, 0.25) is 5.31 Å². The Hall–Kier alpha value is -0.265. The minimum atomic E-state index is 0.297. The lowest BCUT2D eigenvalue weighted by Crippen LogP contribution is -2.17. The fourth-order valence-electron chi connectivity index (χ4n) is 3.24. The lowest BCUT2D eigenvalue weighted by molar-refractivity contribution is -0.117. The fraction of sp³-hybridized carbons (Fsp3) is 0.933. The van der Waals surface area contributed by atoms with Crippen LogP contribution in [0.1, 0.15) is 84.0 Å². The zero-order chi connectivity index (χ0) is 12.6. The van der Waals surface area contributed by atoms with Gasteiger partial charge >= 0.3 is 0 Å². The van der Waals surface area contributed by atoms with Gasteiger partial charge in [-0.2, -0.15) is 0 Å². The summed E-state index contributed by atoms with van der Waals surface area (Å²) in [5.74, 6) is 0.375. The van der Waals surface area contributed by atoms with Crippen molar-refractivity contribution in [2.45, 2.75) is 89.3 Å². The molecule has 1 aliphatic rings. The Bertz CT molecular complexity index is 213. The maximum absolute atomic E-state index is 11.4. The third-order valence-corrected chi connectivity index (χ3v) is 4.24. The van der Waals surface area contributed by atoms with Crippen LogP contribution in [0.3, 0.4) is 0 Å². The summed E-state index contributed by atoms with van der Waals surface area (Å²) >= 11 is 0. The zero-order valence-corrected chi connectivity index (χ0v) is 11.9. The molecule has 1 fully saturated rings. The van der Waals surface area contributed by atoms with E-state index in [-0.39, 0.29) is 0 Å². The van der Waals surface area contributed by atoms with Crippen LogP contribution in [0.25, 0.3) is 0 Å². The van der Waals surface area contributed by atoms with Crippen molar-refractivity contribution in [1.82, 2.24) is 0 Å². The Morgan fingerprint density at radius 3 is 1.59 bits per heavy atom. The molecule has 0 heterocycles. The smallest absolute Gasteiger partial charge is 0.129 e. The average molecular weight is 236 g/mol. The molecule has 1 nitrogen and oxygen atoms in total. The highest BCUT2D eigenvalue weighted by Crippen LogP contribution is 2.39. The van der Waals surface area contributed by atoms with Gasteiger partial charge in [-0.15, -0.1) is 0 Å². The summed E-state index contributed by atoms with van der Waals surface area (Å²) in [6.07, 6.45) is 15.8. The Morgan fingerprint density at radius 1 is 0.882 bits per heavy atom. The quantitative estimate of drug-likeness (QED) is 0.661. The second-order valence-corrected chi connectivity index (χ2v) is 6.37. The number of ketones is 1. The zero-order valence-electron chi connectivity index (χ0n) is 11.9. The Morgan fingerprint density at radius 2 is 1.24 bits per heavy atom. The fourth-order valence-corrected chi connectivity index (χ4v) is 3.24. The summed E-state index contributed by atoms with van der Waals surface area (Å²) < 4.78 is 0. The van der Waals surface area contributed by atoms with E-state index < -0.39 is 0 Å². The van der Waals surface area contributed by atoms with Gasteiger partial charge in [0.1, 0.15) is 13.6 Å². The monoisotopic (exact) mass is 236 g/mol. The molecular weight excluding hydrogens is 207 g/mol. The molecule has 0 radical (unpaired) electrons. The lowest BCUT2D eigenvalue weighted by atomic mass is 9.60. The molecule has 0 amide bonds. The van der Waals surface area contributed by atoms with Gasteiger partial charge in [0.25, 0.3) is 0 Å². The largest absolute Gasteiger partial charge is 0.300 e. The molecule has 1 saturated carbocycles. The molecule has 1 aliphatic carbocycles. The normalized spacial score (nSPS) is 23.4. The molecule has 0 aromatic rings. The minimum absolute atomic E-state index is 0.297. The van der Waals surface area contributed by atoms with Crippen molar-refractivity contribution in [2.24, 2.45) is 0 Å². The molecule has 0 bridgehead atoms. The van der Waals surface area contributed by atoms with Gasteiger partial charge in [-0.05, 0) is 6.92 Å². The molecule has 0 aromatic heterocycles. The molecule has 0 aliphatic heterocycles. The number of rotatable bonds is 2. The van der Waals surface area contributed by atoms with Crippen LogP contribution < -0.4 is 0 Å². The van der Waals surface area contributed by atoms with E-state index in [1.807, 2.05) is 0 Å². The van der Waals surface area contributed by atoms with E-state index in [2.05, 4.69) is 7.85 Å². The standard InChI is InChI=1S/C15H29BO/c1-14(17)13-15(16)11-9-7-5-3-2-4-6-8-10-12-15/h2-13,16H2,1H3. The first-order valence-electron chi connectivity index (χ1n) is 7.62. The highest BCUT2D eigenvalue weighted by Gasteiger charge is 2.25. The number of carbonyl (C=O) groups excluding carboxylic acids is 1. The summed E-state index contributed by atoms with van der Waals surface area (Å²) in [5.41, 5.74) is 0. The van der Waals surface area contributed by atoms with E-state index >= 15 is 0 Å². The molecule has 0 saturated heterocycles. The molecule has 1 rings (SSSR count). The molecule has 0 unspecified atom stereocenters. The van der Waals surface area contributed by atoms with Crippen molar-refractivity contribution < 1.29 is 4.79 Å². The molecule has 17 heavy (non-hydrogen) atoms. The van der Waals surface area contributed by atoms with E-state index in [1.54, 1.807) is 6.92 Å². The molecule has 0 spiro atoms. The summed E-state index contributed by atoms with van der Waals surface area (Å²) in [6, 6.07) is 0. The van der Waals surface area contributed by atoms with Crippen LogP contribution in [0.15, 0.2) is 0 Å². The van der Waals surface area contributed by atoms with Crippen molar-refractivity contribution in [1.29, 1.82) is 0 Å². The van der Waals surface area contributed by atoms with Crippen molar-refractivity contribution >= 4 is 13.6 Å². The third-order valence-electron chi connectivity index (χ3n) is 4.24. The van der Waals surface area contributed by atoms with Crippen LogP contribution in [-0.4, -0.2) is 13.6 Å². The maximum Gasteiger partial charge on any atom is 0.129 e. The SMILES string of the molecule is BC1(CC(C)=O)CCCCCCCCCCC1. The van der Waals surface area contributed by atoms with Crippen LogP contribution in [0.5, 0.6) is 0 Å². The molecular formula is C15H29BO. The molecule has 0 atom stereocenters. The van der Waals surface area contributed by atoms with Crippen LogP contribution in [0, 0.1) is 0 Å². The highest BCUT2D eigenvalue weighted by atomic mass is 16.1. The van der Waals surface area contributed by atoms with Crippen molar-refractivity contribution in [2.75, 3.05) is 0 Å². The van der Waals surface area contributed by atoms with Gasteiger partial charge in [-0.25, -0.2) is 0 Å². The minimum Gasteiger partial charge on any atom is -0.300 e. The summed E-state index contributed by atoms with van der Waals surface area (Å²) in [5, 5.41) is 0.297. The maximum atomic E-state index is 11.4. The van der Waals surface area contributed by atoms with Crippen molar-refractivity contribution in [3.63, 3.8) is 0 Å². The second kappa shape index (κ2) is 7.95. The van der Waals surface area contributed by atoms with E-state index in [0.717, 1.165) is 6.42 Å². The Balaban J connectivity index is 2.44. The number of carbonyl (C=O) groups is 1. The predicted molar refractivity (Wildman–Crippen MR) is 77.3 cm³/mol. The summed E-state index contributed by atoms with van der Waals surface area (Å²) in [7, 11) is 2.33. The van der Waals surface area contributed by atoms with E-state index in [4.69, 9.17) is 0 Å². The van der Waals surface area contributed by atoms with Crippen LogP contribution in [-0.2, 0) is 4.79 Å². The predicted octanol–water partition coefficient (Wildman–Crippen LogP) is 4.06. The first-order chi connectivity index (χ1) is 8.12. The van der Waals surface area contributed by atoms with E-state index in [9.17, 15) is 4.79 Å². The first kappa shape index (κ1) is 14.8. The van der Waals surface area contributed by atoms with Gasteiger partial charge < -0.3 is 4.79 Å². The van der Waals surface area contributed by atoms with Gasteiger partial charge in [-0.1, -0.05) is 75.9 Å². The second-order valence-electron chi connectivity index (χ2n) is 6.37. The number of Topliss-reactive ketones (excluding diaryl/α,β-unsaturated/α-hetero) is 1. The molecule has 0 N–H and O–H groups in total. The summed E-state index contributed by atoms with van der Waals surface area (Å²) in [6.45, 7) is 1.75. The van der Waals surface area contributed by atoms with Gasteiger partial charge in [-0.3, -0.25) is 0 Å². The highest BCUT2D eigenvalue weighted by molar-refractivity contribution is 6.16. The van der Waals surface area contributed by atoms with Crippen LogP contribution in [0.4, 0.5) is 0 Å². The van der Waals surface area contributed by atoms with E-state index in [0.29, 0.717) is 11.1 Å². The molecule has 98 valence electrons. The van der Waals surface area contributed by atoms with Crippen LogP contribution >= 0.6 is 0 Å². The first-order valence-corrected chi connectivity index (χ1v) is 7.62. The number of hydrogen-bond acceptors (Lipinski definition) is 1. The molecule has 0 aromatic carbocycles. The number of hydrogen-bond donors (Lipinski definition) is 0. The average Bonchev–Trinajstić information content (AvgIpc) is 2.22. The Kier molecular flexibility index (Phi) is 6.92. The van der Waals surface area contributed by atoms with Crippen molar-refractivity contribution in [3.05, 3.63) is 0 Å². The topological polar surface area (TPSA) is 17.1 Å². The van der Waals surface area contributed by atoms with E-state index in [1.165, 1.54) is 70.6 Å². The lowest BCUT2D eigenvalue weighted by Gasteiger charge is -2.29. The van der Waals surface area contributed by atoms with Gasteiger partial charge in [0.2, 0.25) is 0 Å². The third kappa shape index (κ3) is 6.90. The van der Waals surface area contributed by atoms with Crippen molar-refractivity contribution in [3.8, 4) is 0 Å². The molecule has 2 heteroatoms.